The Labute approximate surface area is 110 Å². The summed E-state index contributed by atoms with van der Waals surface area (Å²) >= 11 is 1.05. The van der Waals surface area contributed by atoms with Gasteiger partial charge in [0.25, 0.3) is 10.0 Å². The molecule has 1 aliphatic rings. The Hall–Kier alpha value is -0.920. The van der Waals surface area contributed by atoms with Gasteiger partial charge in [-0.15, -0.1) is 11.3 Å². The van der Waals surface area contributed by atoms with Gasteiger partial charge in [0.05, 0.1) is 6.42 Å². The third-order valence-electron chi connectivity index (χ3n) is 2.79. The minimum Gasteiger partial charge on any atom is -0.481 e. The van der Waals surface area contributed by atoms with Crippen molar-refractivity contribution in [1.29, 1.82) is 0 Å². The molecule has 18 heavy (non-hydrogen) atoms. The molecule has 0 radical (unpaired) electrons. The van der Waals surface area contributed by atoms with Crippen LogP contribution in [0.15, 0.2) is 16.3 Å². The standard InChI is InChI=1S/C11H15NO4S2/c1-2-12(8-3-4-8)18(15,16)11-6-5-9(17-11)7-10(13)14/h5-6,8H,2-4,7H2,1H3,(H,13,14). The first-order valence-corrected chi connectivity index (χ1v) is 8.03. The van der Waals surface area contributed by atoms with Crippen molar-refractivity contribution in [2.24, 2.45) is 0 Å². The van der Waals surface area contributed by atoms with Gasteiger partial charge in [0.2, 0.25) is 0 Å². The third-order valence-corrected chi connectivity index (χ3v) is 6.37. The van der Waals surface area contributed by atoms with Crippen molar-refractivity contribution in [1.82, 2.24) is 4.31 Å². The summed E-state index contributed by atoms with van der Waals surface area (Å²) in [5, 5.41) is 8.68. The van der Waals surface area contributed by atoms with E-state index in [1.54, 1.807) is 6.07 Å². The zero-order valence-electron chi connectivity index (χ0n) is 10.00. The van der Waals surface area contributed by atoms with Crippen LogP contribution >= 0.6 is 11.3 Å². The predicted molar refractivity (Wildman–Crippen MR) is 68.2 cm³/mol. The minimum absolute atomic E-state index is 0.129. The molecule has 1 aromatic heterocycles. The summed E-state index contributed by atoms with van der Waals surface area (Å²) in [6.07, 6.45) is 1.70. The number of sulfonamides is 1. The average molecular weight is 289 g/mol. The van der Waals surface area contributed by atoms with E-state index in [2.05, 4.69) is 0 Å². The number of carboxylic acid groups (broad SMARTS) is 1. The molecule has 1 saturated carbocycles. The number of nitrogens with zero attached hydrogens (tertiary/aromatic N) is 1. The summed E-state index contributed by atoms with van der Waals surface area (Å²) in [5.74, 6) is -0.949. The molecule has 0 spiro atoms. The van der Waals surface area contributed by atoms with Gasteiger partial charge in [0.1, 0.15) is 4.21 Å². The van der Waals surface area contributed by atoms with E-state index in [-0.39, 0.29) is 16.7 Å². The van der Waals surface area contributed by atoms with Gasteiger partial charge in [-0.1, -0.05) is 6.92 Å². The molecule has 2 rings (SSSR count). The van der Waals surface area contributed by atoms with E-state index >= 15 is 0 Å². The van der Waals surface area contributed by atoms with Crippen molar-refractivity contribution >= 4 is 27.3 Å². The summed E-state index contributed by atoms with van der Waals surface area (Å²) in [6, 6.07) is 3.21. The van der Waals surface area contributed by atoms with Crippen molar-refractivity contribution in [2.45, 2.75) is 36.4 Å². The van der Waals surface area contributed by atoms with Crippen molar-refractivity contribution in [3.63, 3.8) is 0 Å². The van der Waals surface area contributed by atoms with Gasteiger partial charge >= 0.3 is 5.97 Å². The van der Waals surface area contributed by atoms with Crippen LogP contribution in [0, 0.1) is 0 Å². The summed E-state index contributed by atoms with van der Waals surface area (Å²) < 4.78 is 26.4. The molecule has 1 aromatic rings. The van der Waals surface area contributed by atoms with Gasteiger partial charge in [0, 0.05) is 17.5 Å². The molecule has 0 amide bonds. The van der Waals surface area contributed by atoms with Crippen LogP contribution < -0.4 is 0 Å². The summed E-state index contributed by atoms with van der Waals surface area (Å²) in [6.45, 7) is 2.28. The lowest BCUT2D eigenvalue weighted by molar-refractivity contribution is -0.136. The fraction of sp³-hybridized carbons (Fsp3) is 0.545. The zero-order valence-corrected chi connectivity index (χ0v) is 11.6. The van der Waals surface area contributed by atoms with Gasteiger partial charge in [-0.25, -0.2) is 8.42 Å². The molecule has 1 heterocycles. The number of carboxylic acids is 1. The molecular formula is C11H15NO4S2. The zero-order chi connectivity index (χ0) is 13.3. The number of rotatable bonds is 6. The number of hydrogen-bond acceptors (Lipinski definition) is 4. The highest BCUT2D eigenvalue weighted by Gasteiger charge is 2.37. The minimum atomic E-state index is -3.44. The van der Waals surface area contributed by atoms with E-state index in [1.165, 1.54) is 10.4 Å². The number of aliphatic carboxylic acids is 1. The SMILES string of the molecule is CCN(C1CC1)S(=O)(=O)c1ccc(CC(=O)O)s1. The van der Waals surface area contributed by atoms with E-state index in [1.807, 2.05) is 6.92 Å². The Balaban J connectivity index is 2.23. The maximum absolute atomic E-state index is 12.3. The van der Waals surface area contributed by atoms with Crippen LogP contribution in [0.1, 0.15) is 24.6 Å². The molecule has 100 valence electrons. The highest BCUT2D eigenvalue weighted by molar-refractivity contribution is 7.91. The van der Waals surface area contributed by atoms with Crippen LogP contribution in [0.5, 0.6) is 0 Å². The molecule has 7 heteroatoms. The summed E-state index contributed by atoms with van der Waals surface area (Å²) in [4.78, 5) is 11.1. The highest BCUT2D eigenvalue weighted by Crippen LogP contribution is 2.34. The van der Waals surface area contributed by atoms with Crippen LogP contribution in [-0.2, 0) is 21.2 Å². The smallest absolute Gasteiger partial charge is 0.308 e. The monoisotopic (exact) mass is 289 g/mol. The average Bonchev–Trinajstić information content (AvgIpc) is 2.97. The molecular weight excluding hydrogens is 274 g/mol. The van der Waals surface area contributed by atoms with E-state index in [0.29, 0.717) is 11.4 Å². The Morgan fingerprint density at radius 3 is 2.67 bits per heavy atom. The van der Waals surface area contributed by atoms with Crippen LogP contribution in [0.4, 0.5) is 0 Å². The molecule has 1 fully saturated rings. The quantitative estimate of drug-likeness (QED) is 0.862. The molecule has 0 saturated heterocycles. The van der Waals surface area contributed by atoms with E-state index in [4.69, 9.17) is 5.11 Å². The molecule has 0 unspecified atom stereocenters. The van der Waals surface area contributed by atoms with Crippen molar-refractivity contribution in [2.75, 3.05) is 6.54 Å². The summed E-state index contributed by atoms with van der Waals surface area (Å²) in [5.41, 5.74) is 0. The van der Waals surface area contributed by atoms with Gasteiger partial charge in [-0.05, 0) is 25.0 Å². The summed E-state index contributed by atoms with van der Waals surface area (Å²) in [7, 11) is -3.44. The lowest BCUT2D eigenvalue weighted by Gasteiger charge is -2.18. The van der Waals surface area contributed by atoms with Gasteiger partial charge in [0.15, 0.2) is 0 Å². The predicted octanol–water partition coefficient (Wildman–Crippen LogP) is 1.55. The highest BCUT2D eigenvalue weighted by atomic mass is 32.2. The molecule has 5 nitrogen and oxygen atoms in total. The fourth-order valence-electron chi connectivity index (χ4n) is 1.84. The topological polar surface area (TPSA) is 74.7 Å². The van der Waals surface area contributed by atoms with Crippen molar-refractivity contribution in [3.05, 3.63) is 17.0 Å². The van der Waals surface area contributed by atoms with Crippen molar-refractivity contribution < 1.29 is 18.3 Å². The maximum Gasteiger partial charge on any atom is 0.308 e. The third kappa shape index (κ3) is 2.73. The first-order chi connectivity index (χ1) is 8.45. The molecule has 1 N–H and O–H groups in total. The van der Waals surface area contributed by atoms with Crippen molar-refractivity contribution in [3.8, 4) is 0 Å². The Morgan fingerprint density at radius 1 is 1.50 bits per heavy atom. The largest absolute Gasteiger partial charge is 0.481 e. The van der Waals surface area contributed by atoms with Gasteiger partial charge in [-0.2, -0.15) is 4.31 Å². The second-order valence-corrected chi connectivity index (χ2v) is 7.52. The number of thiophene rings is 1. The maximum atomic E-state index is 12.3. The van der Waals surface area contributed by atoms with Crippen LogP contribution in [0.2, 0.25) is 0 Å². The van der Waals surface area contributed by atoms with Crippen LogP contribution in [-0.4, -0.2) is 36.4 Å². The normalized spacial score (nSPS) is 16.1. The second-order valence-electron chi connectivity index (χ2n) is 4.23. The van der Waals surface area contributed by atoms with Crippen LogP contribution in [0.3, 0.4) is 0 Å². The van der Waals surface area contributed by atoms with E-state index < -0.39 is 16.0 Å². The Bertz CT molecular complexity index is 545. The molecule has 0 aromatic carbocycles. The first-order valence-electron chi connectivity index (χ1n) is 5.77. The molecule has 0 bridgehead atoms. The Morgan fingerprint density at radius 2 is 2.17 bits per heavy atom. The molecule has 0 atom stereocenters. The number of carbonyl (C=O) groups is 1. The second kappa shape index (κ2) is 4.99. The first kappa shape index (κ1) is 13.5. The Kier molecular flexibility index (Phi) is 3.74. The molecule has 1 aliphatic carbocycles. The lowest BCUT2D eigenvalue weighted by atomic mass is 10.3. The lowest BCUT2D eigenvalue weighted by Crippen LogP contribution is -2.32. The van der Waals surface area contributed by atoms with Crippen LogP contribution in [0.25, 0.3) is 0 Å². The fourth-order valence-corrected chi connectivity index (χ4v) is 5.01. The molecule has 0 aliphatic heterocycles. The van der Waals surface area contributed by atoms with Gasteiger partial charge < -0.3 is 5.11 Å². The number of hydrogen-bond donors (Lipinski definition) is 1. The van der Waals surface area contributed by atoms with E-state index in [9.17, 15) is 13.2 Å². The van der Waals surface area contributed by atoms with Gasteiger partial charge in [-0.3, -0.25) is 4.79 Å². The van der Waals surface area contributed by atoms with E-state index in [0.717, 1.165) is 24.2 Å².